The maximum absolute atomic E-state index is 13.4. The van der Waals surface area contributed by atoms with Gasteiger partial charge in [-0.05, 0) is 73.6 Å². The van der Waals surface area contributed by atoms with Gasteiger partial charge in [-0.25, -0.2) is 22.0 Å². The zero-order valence-corrected chi connectivity index (χ0v) is 21.3. The maximum atomic E-state index is 13.4. The molecule has 2 aliphatic heterocycles. The highest BCUT2D eigenvalue weighted by molar-refractivity contribution is 5.85. The molecule has 0 spiro atoms. The average Bonchev–Trinajstić information content (AvgIpc) is 3.16. The van der Waals surface area contributed by atoms with Gasteiger partial charge in [-0.1, -0.05) is 0 Å². The first-order valence-corrected chi connectivity index (χ1v) is 12.8. The van der Waals surface area contributed by atoms with Crippen LogP contribution in [0.15, 0.2) is 36.4 Å². The molecule has 1 aromatic heterocycles. The lowest BCUT2D eigenvalue weighted by Gasteiger charge is -2.39. The number of halogens is 6. The molecule has 1 fully saturated rings. The van der Waals surface area contributed by atoms with Crippen molar-refractivity contribution in [2.24, 2.45) is 5.92 Å². The number of fused-ring (bicyclic) bond motifs is 3. The van der Waals surface area contributed by atoms with Crippen LogP contribution >= 0.6 is 0 Å². The van der Waals surface area contributed by atoms with Crippen LogP contribution in [0.25, 0.3) is 10.9 Å². The molecule has 4 nitrogen and oxygen atoms in total. The van der Waals surface area contributed by atoms with E-state index < -0.39 is 30.7 Å². The van der Waals surface area contributed by atoms with Crippen molar-refractivity contribution < 1.29 is 31.4 Å². The summed E-state index contributed by atoms with van der Waals surface area (Å²) in [6.07, 6.45) is 1.89. The van der Waals surface area contributed by atoms with Gasteiger partial charge in [0.05, 0.1) is 13.2 Å². The van der Waals surface area contributed by atoms with E-state index in [2.05, 4.69) is 9.88 Å². The summed E-state index contributed by atoms with van der Waals surface area (Å²) in [7, 11) is 0. The van der Waals surface area contributed by atoms with Crippen molar-refractivity contribution in [2.75, 3.05) is 39.5 Å². The minimum Gasteiger partial charge on any atom is -0.390 e. The van der Waals surface area contributed by atoms with Crippen molar-refractivity contribution in [2.45, 2.75) is 44.7 Å². The van der Waals surface area contributed by atoms with E-state index in [-0.39, 0.29) is 18.5 Å². The molecule has 0 unspecified atom stereocenters. The Morgan fingerprint density at radius 3 is 2.39 bits per heavy atom. The van der Waals surface area contributed by atoms with E-state index in [1.54, 1.807) is 11.0 Å². The first-order valence-electron chi connectivity index (χ1n) is 12.8. The lowest BCUT2D eigenvalue weighted by atomic mass is 9.92. The molecule has 3 aromatic rings. The van der Waals surface area contributed by atoms with E-state index in [9.17, 15) is 26.3 Å². The van der Waals surface area contributed by atoms with Crippen LogP contribution in [-0.4, -0.2) is 71.3 Å². The molecule has 2 N–H and O–H groups in total. The first-order chi connectivity index (χ1) is 18.1. The van der Waals surface area contributed by atoms with Crippen molar-refractivity contribution in [1.29, 1.82) is 0 Å². The molecule has 0 aliphatic carbocycles. The van der Waals surface area contributed by atoms with E-state index in [1.165, 1.54) is 24.3 Å². The second-order valence-electron chi connectivity index (χ2n) is 10.4. The van der Waals surface area contributed by atoms with Crippen LogP contribution < -0.4 is 0 Å². The van der Waals surface area contributed by atoms with E-state index in [0.717, 1.165) is 42.3 Å². The molecular formula is C28H33F6N3O. The third-order valence-electron chi connectivity index (χ3n) is 7.19. The van der Waals surface area contributed by atoms with Crippen LogP contribution in [0.5, 0.6) is 0 Å². The predicted molar refractivity (Wildman–Crippen MR) is 134 cm³/mol. The van der Waals surface area contributed by atoms with E-state index >= 15 is 0 Å². The number of nitrogens with one attached hydrogen (secondary N) is 1. The van der Waals surface area contributed by atoms with Crippen LogP contribution in [0, 0.1) is 23.4 Å². The molecule has 2 aromatic carbocycles. The van der Waals surface area contributed by atoms with Crippen molar-refractivity contribution in [1.82, 2.24) is 14.8 Å². The Kier molecular flexibility index (Phi) is 9.05. The number of aliphatic hydroxyl groups excluding tert-OH is 1. The molecule has 5 rings (SSSR count). The number of aromatic nitrogens is 1. The molecule has 3 heterocycles. The van der Waals surface area contributed by atoms with Gasteiger partial charge in [-0.2, -0.15) is 0 Å². The van der Waals surface area contributed by atoms with Gasteiger partial charge in [-0.3, -0.25) is 9.29 Å². The number of benzene rings is 2. The Hall–Kier alpha value is -2.56. The molecule has 0 radical (unpaired) electrons. The summed E-state index contributed by atoms with van der Waals surface area (Å²) in [4.78, 5) is 6.93. The summed E-state index contributed by atoms with van der Waals surface area (Å²) in [5.41, 5.74) is 3.32. The van der Waals surface area contributed by atoms with E-state index in [0.29, 0.717) is 42.8 Å². The summed E-state index contributed by atoms with van der Waals surface area (Å²) in [5, 5.41) is 9.68. The van der Waals surface area contributed by atoms with Gasteiger partial charge in [0.1, 0.15) is 24.1 Å². The van der Waals surface area contributed by atoms with Gasteiger partial charge in [0.25, 0.3) is 5.92 Å². The van der Waals surface area contributed by atoms with E-state index in [1.807, 2.05) is 6.92 Å². The summed E-state index contributed by atoms with van der Waals surface area (Å²) in [6, 6.07) is 8.15. The SMILES string of the molecule is C[C@@H]1Cc2c([nH]c3cc(F)ccc23)CN1CC(F)(F)CO.FCCCN1CC(Cc2cc(F)cc(F)c2)C1. The van der Waals surface area contributed by atoms with Gasteiger partial charge in [0.2, 0.25) is 0 Å². The van der Waals surface area contributed by atoms with Gasteiger partial charge >= 0.3 is 0 Å². The largest absolute Gasteiger partial charge is 0.390 e. The summed E-state index contributed by atoms with van der Waals surface area (Å²) < 4.78 is 77.9. The molecule has 1 saturated heterocycles. The van der Waals surface area contributed by atoms with Crippen molar-refractivity contribution in [3.63, 3.8) is 0 Å². The summed E-state index contributed by atoms with van der Waals surface area (Å²) in [5.74, 6) is -4.03. The minimum atomic E-state index is -3.11. The monoisotopic (exact) mass is 541 g/mol. The highest BCUT2D eigenvalue weighted by Crippen LogP contribution is 2.32. The number of likely N-dealkylation sites (tertiary alicyclic amines) is 1. The molecule has 0 amide bonds. The topological polar surface area (TPSA) is 42.5 Å². The fourth-order valence-electron chi connectivity index (χ4n) is 5.33. The summed E-state index contributed by atoms with van der Waals surface area (Å²) >= 11 is 0. The Morgan fingerprint density at radius 2 is 1.74 bits per heavy atom. The van der Waals surface area contributed by atoms with Crippen LogP contribution in [0.4, 0.5) is 26.3 Å². The van der Waals surface area contributed by atoms with Crippen molar-refractivity contribution in [3.05, 3.63) is 70.7 Å². The number of rotatable bonds is 8. The fraction of sp³-hybridized carbons (Fsp3) is 0.500. The maximum Gasteiger partial charge on any atom is 0.283 e. The second kappa shape index (κ2) is 12.1. The second-order valence-corrected chi connectivity index (χ2v) is 10.4. The van der Waals surface area contributed by atoms with Crippen LogP contribution in [0.1, 0.15) is 30.2 Å². The molecular weight excluding hydrogens is 508 g/mol. The number of nitrogens with zero attached hydrogens (tertiary/aromatic N) is 2. The smallest absolute Gasteiger partial charge is 0.283 e. The number of aromatic amines is 1. The Balaban J connectivity index is 0.000000181. The van der Waals surface area contributed by atoms with Crippen LogP contribution in [0.3, 0.4) is 0 Å². The number of alkyl halides is 3. The fourth-order valence-corrected chi connectivity index (χ4v) is 5.33. The molecule has 1 atom stereocenters. The third-order valence-corrected chi connectivity index (χ3v) is 7.19. The average molecular weight is 542 g/mol. The lowest BCUT2D eigenvalue weighted by molar-refractivity contribution is -0.0819. The molecule has 38 heavy (non-hydrogen) atoms. The Labute approximate surface area is 218 Å². The number of hydrogen-bond donors (Lipinski definition) is 2. The zero-order chi connectivity index (χ0) is 27.4. The first kappa shape index (κ1) is 28.4. The predicted octanol–water partition coefficient (Wildman–Crippen LogP) is 5.48. The Bertz CT molecular complexity index is 1210. The molecule has 0 bridgehead atoms. The van der Waals surface area contributed by atoms with Crippen molar-refractivity contribution >= 4 is 10.9 Å². The third kappa shape index (κ3) is 7.09. The quantitative estimate of drug-likeness (QED) is 0.371. The van der Waals surface area contributed by atoms with Gasteiger partial charge in [0.15, 0.2) is 0 Å². The van der Waals surface area contributed by atoms with Gasteiger partial charge in [0, 0.05) is 54.9 Å². The van der Waals surface area contributed by atoms with Crippen LogP contribution in [-0.2, 0) is 19.4 Å². The van der Waals surface area contributed by atoms with Crippen molar-refractivity contribution in [3.8, 4) is 0 Å². The number of H-pyrrole nitrogens is 1. The van der Waals surface area contributed by atoms with E-state index in [4.69, 9.17) is 5.11 Å². The summed E-state index contributed by atoms with van der Waals surface area (Å²) in [6.45, 7) is 2.91. The number of aliphatic hydroxyl groups is 1. The number of hydrogen-bond acceptors (Lipinski definition) is 3. The normalized spacial score (nSPS) is 18.7. The lowest BCUT2D eigenvalue weighted by Crippen LogP contribution is -2.47. The van der Waals surface area contributed by atoms with Crippen LogP contribution in [0.2, 0.25) is 0 Å². The highest BCUT2D eigenvalue weighted by atomic mass is 19.3. The standard InChI is InChI=1S/C15H17F3N2O.C13H16F3N/c1-9-4-12-11-3-2-10(16)5-13(11)19-14(12)6-20(9)7-15(17,18)8-21;14-2-1-3-17-8-11(9-17)4-10-5-12(15)7-13(16)6-10/h2-3,5,9,19,21H,4,6-8H2,1H3;5-7,11H,1-4,8-9H2/t9-;/m1./s1. The zero-order valence-electron chi connectivity index (χ0n) is 21.3. The van der Waals surface area contributed by atoms with Gasteiger partial charge < -0.3 is 15.0 Å². The Morgan fingerprint density at radius 1 is 1.03 bits per heavy atom. The minimum absolute atomic E-state index is 0.0565. The molecule has 0 saturated carbocycles. The van der Waals surface area contributed by atoms with Gasteiger partial charge in [-0.15, -0.1) is 0 Å². The molecule has 10 heteroatoms. The molecule has 208 valence electrons. The molecule has 2 aliphatic rings. The highest BCUT2D eigenvalue weighted by Gasteiger charge is 2.35.